The maximum Gasteiger partial charge on any atom is 0.161 e. The van der Waals surface area contributed by atoms with Gasteiger partial charge in [0.1, 0.15) is 13.2 Å². The van der Waals surface area contributed by atoms with Gasteiger partial charge in [-0.2, -0.15) is 5.26 Å². The number of ether oxygens (including phenoxy) is 2. The zero-order chi connectivity index (χ0) is 16.8. The van der Waals surface area contributed by atoms with E-state index < -0.39 is 0 Å². The Bertz CT molecular complexity index is 760. The van der Waals surface area contributed by atoms with Gasteiger partial charge in [0, 0.05) is 13.1 Å². The highest BCUT2D eigenvalue weighted by Crippen LogP contribution is 2.30. The highest BCUT2D eigenvalue weighted by molar-refractivity contribution is 5.51. The van der Waals surface area contributed by atoms with Crippen LogP contribution in [0.1, 0.15) is 16.7 Å². The van der Waals surface area contributed by atoms with E-state index in [1.54, 1.807) is 0 Å². The van der Waals surface area contributed by atoms with Crippen LogP contribution in [0.2, 0.25) is 0 Å². The van der Waals surface area contributed by atoms with Gasteiger partial charge in [0.2, 0.25) is 0 Å². The van der Waals surface area contributed by atoms with Gasteiger partial charge in [-0.15, -0.1) is 0 Å². The summed E-state index contributed by atoms with van der Waals surface area (Å²) < 4.78 is 11.2. The van der Waals surface area contributed by atoms with Gasteiger partial charge in [0.25, 0.3) is 0 Å². The number of hydrogen-bond acceptors (Lipinski definition) is 4. The number of rotatable bonds is 5. The van der Waals surface area contributed by atoms with E-state index >= 15 is 0 Å². The lowest BCUT2D eigenvalue weighted by Crippen LogP contribution is -2.19. The molecule has 4 heteroatoms. The SMILES string of the molecule is CN(C/C=C/c1ccc(C#N)cc1)Cc1ccc2c(c1)OCCO2. The van der Waals surface area contributed by atoms with E-state index in [4.69, 9.17) is 14.7 Å². The van der Waals surface area contributed by atoms with Crippen LogP contribution in [0, 0.1) is 11.3 Å². The third-order valence-corrected chi connectivity index (χ3v) is 3.83. The Labute approximate surface area is 142 Å². The Morgan fingerprint density at radius 2 is 1.83 bits per heavy atom. The number of fused-ring (bicyclic) bond motifs is 1. The molecular weight excluding hydrogens is 300 g/mol. The van der Waals surface area contributed by atoms with E-state index in [9.17, 15) is 0 Å². The fraction of sp³-hybridized carbons (Fsp3) is 0.250. The Morgan fingerprint density at radius 3 is 2.58 bits per heavy atom. The lowest BCUT2D eigenvalue weighted by atomic mass is 10.1. The zero-order valence-corrected chi connectivity index (χ0v) is 13.7. The van der Waals surface area contributed by atoms with Crippen molar-refractivity contribution in [2.24, 2.45) is 0 Å². The first-order valence-electron chi connectivity index (χ1n) is 7.98. The molecule has 4 nitrogen and oxygen atoms in total. The van der Waals surface area contributed by atoms with Crippen molar-refractivity contribution in [1.29, 1.82) is 5.26 Å². The third-order valence-electron chi connectivity index (χ3n) is 3.83. The largest absolute Gasteiger partial charge is 0.486 e. The van der Waals surface area contributed by atoms with Crippen molar-refractivity contribution >= 4 is 6.08 Å². The first-order chi connectivity index (χ1) is 11.7. The second-order valence-corrected chi connectivity index (χ2v) is 5.81. The van der Waals surface area contributed by atoms with Crippen LogP contribution in [-0.2, 0) is 6.54 Å². The molecule has 0 amide bonds. The standard InChI is InChI=1S/C20H20N2O2/c1-22(10-2-3-16-4-6-17(14-21)7-5-16)15-18-8-9-19-20(13-18)24-12-11-23-19/h2-9,13H,10-12,15H2,1H3/b3-2+. The molecule has 0 N–H and O–H groups in total. The molecule has 0 unspecified atom stereocenters. The summed E-state index contributed by atoms with van der Waals surface area (Å²) in [6.45, 7) is 2.91. The van der Waals surface area contributed by atoms with Crippen molar-refractivity contribution in [1.82, 2.24) is 4.90 Å². The summed E-state index contributed by atoms with van der Waals surface area (Å²) in [6, 6.07) is 15.8. The molecule has 24 heavy (non-hydrogen) atoms. The fourth-order valence-electron chi connectivity index (χ4n) is 2.60. The second kappa shape index (κ2) is 7.67. The van der Waals surface area contributed by atoms with E-state index in [0.717, 1.165) is 30.2 Å². The molecule has 0 aromatic heterocycles. The molecule has 0 atom stereocenters. The van der Waals surface area contributed by atoms with Crippen molar-refractivity contribution in [2.75, 3.05) is 26.8 Å². The molecule has 2 aromatic rings. The van der Waals surface area contributed by atoms with Gasteiger partial charge in [-0.3, -0.25) is 4.90 Å². The Morgan fingerprint density at radius 1 is 1.08 bits per heavy atom. The molecule has 2 aromatic carbocycles. The van der Waals surface area contributed by atoms with Crippen molar-refractivity contribution in [2.45, 2.75) is 6.54 Å². The summed E-state index contributed by atoms with van der Waals surface area (Å²) in [7, 11) is 2.08. The molecule has 1 heterocycles. The lowest BCUT2D eigenvalue weighted by Gasteiger charge is -2.20. The zero-order valence-electron chi connectivity index (χ0n) is 13.7. The summed E-state index contributed by atoms with van der Waals surface area (Å²) in [4.78, 5) is 2.23. The molecule has 0 saturated heterocycles. The highest BCUT2D eigenvalue weighted by atomic mass is 16.6. The molecule has 0 bridgehead atoms. The van der Waals surface area contributed by atoms with Crippen molar-refractivity contribution in [3.63, 3.8) is 0 Å². The van der Waals surface area contributed by atoms with E-state index in [2.05, 4.69) is 42.3 Å². The molecule has 0 fully saturated rings. The van der Waals surface area contributed by atoms with E-state index in [1.165, 1.54) is 5.56 Å². The average Bonchev–Trinajstić information content (AvgIpc) is 2.62. The number of nitrogens with zero attached hydrogens (tertiary/aromatic N) is 2. The summed E-state index contributed by atoms with van der Waals surface area (Å²) in [5.74, 6) is 1.66. The van der Waals surface area contributed by atoms with Crippen LogP contribution in [0.4, 0.5) is 0 Å². The maximum absolute atomic E-state index is 8.80. The second-order valence-electron chi connectivity index (χ2n) is 5.81. The van der Waals surface area contributed by atoms with Crippen LogP contribution < -0.4 is 9.47 Å². The molecule has 1 aliphatic rings. The molecular formula is C20H20N2O2. The minimum absolute atomic E-state index is 0.611. The molecule has 0 spiro atoms. The van der Waals surface area contributed by atoms with Crippen LogP contribution in [0.5, 0.6) is 11.5 Å². The Balaban J connectivity index is 1.54. The predicted molar refractivity (Wildman–Crippen MR) is 94.0 cm³/mol. The predicted octanol–water partition coefficient (Wildman–Crippen LogP) is 3.47. The van der Waals surface area contributed by atoms with Gasteiger partial charge in [0.15, 0.2) is 11.5 Å². The van der Waals surface area contributed by atoms with Gasteiger partial charge in [0.05, 0.1) is 11.6 Å². The highest BCUT2D eigenvalue weighted by Gasteiger charge is 2.12. The first kappa shape index (κ1) is 16.1. The number of nitriles is 1. The van der Waals surface area contributed by atoms with Crippen LogP contribution >= 0.6 is 0 Å². The summed E-state index contributed by atoms with van der Waals surface area (Å²) >= 11 is 0. The van der Waals surface area contributed by atoms with Crippen molar-refractivity contribution in [3.8, 4) is 17.6 Å². The number of likely N-dealkylation sites (N-methyl/N-ethyl adjacent to an activating group) is 1. The number of benzene rings is 2. The molecule has 3 rings (SSSR count). The lowest BCUT2D eigenvalue weighted by molar-refractivity contribution is 0.171. The van der Waals surface area contributed by atoms with Gasteiger partial charge in [-0.25, -0.2) is 0 Å². The minimum atomic E-state index is 0.611. The van der Waals surface area contributed by atoms with Crippen molar-refractivity contribution < 1.29 is 9.47 Å². The van der Waals surface area contributed by atoms with Crippen molar-refractivity contribution in [3.05, 3.63) is 65.2 Å². The van der Waals surface area contributed by atoms with E-state index in [-0.39, 0.29) is 0 Å². The van der Waals surface area contributed by atoms with E-state index in [0.29, 0.717) is 18.8 Å². The van der Waals surface area contributed by atoms with Crippen LogP contribution in [0.15, 0.2) is 48.5 Å². The van der Waals surface area contributed by atoms with Gasteiger partial charge >= 0.3 is 0 Å². The normalized spacial score (nSPS) is 13.2. The van der Waals surface area contributed by atoms with Gasteiger partial charge in [-0.05, 0) is 42.4 Å². The summed E-state index contributed by atoms with van der Waals surface area (Å²) in [5, 5.41) is 8.80. The Kier molecular flexibility index (Phi) is 5.15. The maximum atomic E-state index is 8.80. The quantitative estimate of drug-likeness (QED) is 0.846. The smallest absolute Gasteiger partial charge is 0.161 e. The third kappa shape index (κ3) is 4.15. The van der Waals surface area contributed by atoms with E-state index in [1.807, 2.05) is 30.3 Å². The fourth-order valence-corrected chi connectivity index (χ4v) is 2.60. The monoisotopic (exact) mass is 320 g/mol. The topological polar surface area (TPSA) is 45.5 Å². The Hall–Kier alpha value is -2.77. The van der Waals surface area contributed by atoms with Gasteiger partial charge in [-0.1, -0.05) is 30.4 Å². The summed E-state index contributed by atoms with van der Waals surface area (Å²) in [5.41, 5.74) is 2.98. The van der Waals surface area contributed by atoms with Gasteiger partial charge < -0.3 is 9.47 Å². The molecule has 0 radical (unpaired) electrons. The minimum Gasteiger partial charge on any atom is -0.486 e. The molecule has 122 valence electrons. The summed E-state index contributed by atoms with van der Waals surface area (Å²) in [6.07, 6.45) is 4.20. The first-order valence-corrected chi connectivity index (χ1v) is 7.98. The number of hydrogen-bond donors (Lipinski definition) is 0. The van der Waals surface area contributed by atoms with Crippen LogP contribution in [0.25, 0.3) is 6.08 Å². The van der Waals surface area contributed by atoms with Crippen LogP contribution in [-0.4, -0.2) is 31.7 Å². The molecule has 0 aliphatic carbocycles. The molecule has 0 saturated carbocycles. The molecule has 1 aliphatic heterocycles. The van der Waals surface area contributed by atoms with Crippen LogP contribution in [0.3, 0.4) is 0 Å². The average molecular weight is 320 g/mol.